The summed E-state index contributed by atoms with van der Waals surface area (Å²) in [6.45, 7) is 4.06. The van der Waals surface area contributed by atoms with Gasteiger partial charge in [0.15, 0.2) is 0 Å². The number of rotatable bonds is 4. The first-order chi connectivity index (χ1) is 7.99. The SMILES string of the molecule is CC(C)N(CCN)C(=O)c1c(F)cccc1F. The second-order valence-electron chi connectivity index (χ2n) is 3.98. The minimum atomic E-state index is -0.849. The van der Waals surface area contributed by atoms with Crippen LogP contribution in [-0.2, 0) is 0 Å². The van der Waals surface area contributed by atoms with Crippen LogP contribution in [0.5, 0.6) is 0 Å². The van der Waals surface area contributed by atoms with E-state index < -0.39 is 23.1 Å². The number of carbonyl (C=O) groups excluding carboxylic acids is 1. The van der Waals surface area contributed by atoms with Gasteiger partial charge in [-0.2, -0.15) is 0 Å². The summed E-state index contributed by atoms with van der Waals surface area (Å²) in [6.07, 6.45) is 0. The molecule has 0 radical (unpaired) electrons. The summed E-state index contributed by atoms with van der Waals surface area (Å²) in [4.78, 5) is 13.4. The predicted octanol–water partition coefficient (Wildman–Crippen LogP) is 1.77. The van der Waals surface area contributed by atoms with Gasteiger partial charge in [-0.15, -0.1) is 0 Å². The Balaban J connectivity index is 3.09. The minimum absolute atomic E-state index is 0.162. The Kier molecular flexibility index (Phi) is 4.57. The fraction of sp³-hybridized carbons (Fsp3) is 0.417. The van der Waals surface area contributed by atoms with Gasteiger partial charge in [-0.1, -0.05) is 6.07 Å². The highest BCUT2D eigenvalue weighted by atomic mass is 19.1. The Labute approximate surface area is 99.2 Å². The van der Waals surface area contributed by atoms with Crippen LogP contribution in [0.1, 0.15) is 24.2 Å². The topological polar surface area (TPSA) is 46.3 Å². The molecule has 0 unspecified atom stereocenters. The van der Waals surface area contributed by atoms with Gasteiger partial charge in [0.05, 0.1) is 0 Å². The molecule has 0 bridgehead atoms. The monoisotopic (exact) mass is 242 g/mol. The normalized spacial score (nSPS) is 10.7. The van der Waals surface area contributed by atoms with Gasteiger partial charge in [0.1, 0.15) is 17.2 Å². The average molecular weight is 242 g/mol. The lowest BCUT2D eigenvalue weighted by atomic mass is 10.1. The van der Waals surface area contributed by atoms with Crippen LogP contribution in [0.2, 0.25) is 0 Å². The highest BCUT2D eigenvalue weighted by Gasteiger charge is 2.24. The van der Waals surface area contributed by atoms with Gasteiger partial charge in [-0.25, -0.2) is 8.78 Å². The van der Waals surface area contributed by atoms with E-state index in [1.807, 2.05) is 0 Å². The number of nitrogens with two attached hydrogens (primary N) is 1. The molecule has 0 atom stereocenters. The van der Waals surface area contributed by atoms with E-state index in [0.29, 0.717) is 0 Å². The van der Waals surface area contributed by atoms with E-state index >= 15 is 0 Å². The fourth-order valence-corrected chi connectivity index (χ4v) is 1.58. The van der Waals surface area contributed by atoms with E-state index in [4.69, 9.17) is 5.73 Å². The third-order valence-corrected chi connectivity index (χ3v) is 2.43. The fourth-order valence-electron chi connectivity index (χ4n) is 1.58. The molecule has 0 saturated carbocycles. The van der Waals surface area contributed by atoms with Crippen LogP contribution >= 0.6 is 0 Å². The standard InChI is InChI=1S/C12H16F2N2O/c1-8(2)16(7-6-15)12(17)11-9(13)4-3-5-10(11)14/h3-5,8H,6-7,15H2,1-2H3. The van der Waals surface area contributed by atoms with Crippen molar-refractivity contribution < 1.29 is 13.6 Å². The van der Waals surface area contributed by atoms with Crippen molar-refractivity contribution in [1.29, 1.82) is 0 Å². The Bertz CT molecular complexity index is 387. The molecule has 3 nitrogen and oxygen atoms in total. The lowest BCUT2D eigenvalue weighted by Crippen LogP contribution is -2.41. The first-order valence-corrected chi connectivity index (χ1v) is 5.44. The molecule has 0 aliphatic carbocycles. The predicted molar refractivity (Wildman–Crippen MR) is 61.6 cm³/mol. The molecule has 0 spiro atoms. The van der Waals surface area contributed by atoms with Gasteiger partial charge in [0.2, 0.25) is 0 Å². The maximum atomic E-state index is 13.4. The zero-order valence-electron chi connectivity index (χ0n) is 9.91. The van der Waals surface area contributed by atoms with Crippen molar-refractivity contribution in [1.82, 2.24) is 4.90 Å². The molecule has 2 N–H and O–H groups in total. The molecule has 0 aliphatic rings. The Morgan fingerprint density at radius 3 is 2.29 bits per heavy atom. The van der Waals surface area contributed by atoms with Crippen LogP contribution in [0.4, 0.5) is 8.78 Å². The molecule has 1 amide bonds. The molecule has 0 aliphatic heterocycles. The molecule has 1 aromatic carbocycles. The van der Waals surface area contributed by atoms with Crippen molar-refractivity contribution in [3.05, 3.63) is 35.4 Å². The highest BCUT2D eigenvalue weighted by molar-refractivity contribution is 5.95. The molecule has 5 heteroatoms. The van der Waals surface area contributed by atoms with Crippen LogP contribution < -0.4 is 5.73 Å². The van der Waals surface area contributed by atoms with Crippen molar-refractivity contribution in [3.63, 3.8) is 0 Å². The van der Waals surface area contributed by atoms with Crippen LogP contribution in [0, 0.1) is 11.6 Å². The summed E-state index contributed by atoms with van der Waals surface area (Å²) in [5.41, 5.74) is 4.86. The second-order valence-corrected chi connectivity index (χ2v) is 3.98. The Hall–Kier alpha value is -1.49. The van der Waals surface area contributed by atoms with Crippen molar-refractivity contribution >= 4 is 5.91 Å². The number of halogens is 2. The zero-order valence-corrected chi connectivity index (χ0v) is 9.91. The number of carbonyl (C=O) groups is 1. The van der Waals surface area contributed by atoms with Gasteiger partial charge in [0.25, 0.3) is 5.91 Å². The zero-order chi connectivity index (χ0) is 13.0. The number of hydrogen-bond acceptors (Lipinski definition) is 2. The van der Waals surface area contributed by atoms with Gasteiger partial charge >= 0.3 is 0 Å². The minimum Gasteiger partial charge on any atom is -0.335 e. The molecule has 0 aromatic heterocycles. The first-order valence-electron chi connectivity index (χ1n) is 5.44. The van der Waals surface area contributed by atoms with Crippen LogP contribution in [-0.4, -0.2) is 29.9 Å². The molecule has 0 heterocycles. The molecule has 0 fully saturated rings. The molecular weight excluding hydrogens is 226 g/mol. The average Bonchev–Trinajstić information content (AvgIpc) is 2.24. The van der Waals surface area contributed by atoms with E-state index in [0.717, 1.165) is 12.1 Å². The van der Waals surface area contributed by atoms with E-state index in [2.05, 4.69) is 0 Å². The molecule has 1 aromatic rings. The number of benzene rings is 1. The summed E-state index contributed by atoms with van der Waals surface area (Å²) < 4.78 is 26.9. The van der Waals surface area contributed by atoms with E-state index in [1.54, 1.807) is 13.8 Å². The summed E-state index contributed by atoms with van der Waals surface area (Å²) in [5.74, 6) is -2.36. The largest absolute Gasteiger partial charge is 0.335 e. The molecule has 17 heavy (non-hydrogen) atoms. The van der Waals surface area contributed by atoms with Gasteiger partial charge in [0, 0.05) is 19.1 Å². The van der Waals surface area contributed by atoms with Crippen molar-refractivity contribution in [3.8, 4) is 0 Å². The van der Waals surface area contributed by atoms with Crippen LogP contribution in [0.3, 0.4) is 0 Å². The summed E-state index contributed by atoms with van der Waals surface area (Å²) in [5, 5.41) is 0. The van der Waals surface area contributed by atoms with Gasteiger partial charge < -0.3 is 10.6 Å². The molecule has 1 rings (SSSR count). The lowest BCUT2D eigenvalue weighted by molar-refractivity contribution is 0.0702. The van der Waals surface area contributed by atoms with E-state index in [-0.39, 0.29) is 19.1 Å². The third-order valence-electron chi connectivity index (χ3n) is 2.43. The maximum absolute atomic E-state index is 13.4. The summed E-state index contributed by atoms with van der Waals surface area (Å²) in [7, 11) is 0. The third kappa shape index (κ3) is 3.00. The molecule has 94 valence electrons. The summed E-state index contributed by atoms with van der Waals surface area (Å²) in [6, 6.07) is 3.20. The molecule has 0 saturated heterocycles. The van der Waals surface area contributed by atoms with E-state index in [9.17, 15) is 13.6 Å². The van der Waals surface area contributed by atoms with Crippen molar-refractivity contribution in [2.45, 2.75) is 19.9 Å². The van der Waals surface area contributed by atoms with Crippen molar-refractivity contribution in [2.24, 2.45) is 5.73 Å². The van der Waals surface area contributed by atoms with Gasteiger partial charge in [-0.05, 0) is 26.0 Å². The van der Waals surface area contributed by atoms with Gasteiger partial charge in [-0.3, -0.25) is 4.79 Å². The highest BCUT2D eigenvalue weighted by Crippen LogP contribution is 2.16. The molecular formula is C12H16F2N2O. The first kappa shape index (κ1) is 13.6. The number of hydrogen-bond donors (Lipinski definition) is 1. The van der Waals surface area contributed by atoms with Crippen LogP contribution in [0.25, 0.3) is 0 Å². The Morgan fingerprint density at radius 2 is 1.88 bits per heavy atom. The maximum Gasteiger partial charge on any atom is 0.260 e. The number of amides is 1. The summed E-state index contributed by atoms with van der Waals surface area (Å²) >= 11 is 0. The Morgan fingerprint density at radius 1 is 1.35 bits per heavy atom. The number of nitrogens with zero attached hydrogens (tertiary/aromatic N) is 1. The second kappa shape index (κ2) is 5.72. The van der Waals surface area contributed by atoms with E-state index in [1.165, 1.54) is 11.0 Å². The smallest absolute Gasteiger partial charge is 0.260 e. The van der Waals surface area contributed by atoms with Crippen molar-refractivity contribution in [2.75, 3.05) is 13.1 Å². The lowest BCUT2D eigenvalue weighted by Gasteiger charge is -2.26. The quantitative estimate of drug-likeness (QED) is 0.874. The van der Waals surface area contributed by atoms with Crippen LogP contribution in [0.15, 0.2) is 18.2 Å².